The van der Waals surface area contributed by atoms with Crippen molar-refractivity contribution in [2.24, 2.45) is 0 Å². The molecule has 4 nitrogen and oxygen atoms in total. The first-order valence-electron chi connectivity index (χ1n) is 6.85. The summed E-state index contributed by atoms with van der Waals surface area (Å²) >= 11 is 11.8. The van der Waals surface area contributed by atoms with E-state index in [0.29, 0.717) is 25.0 Å². The topological polar surface area (TPSA) is 52.6 Å². The first-order valence-corrected chi connectivity index (χ1v) is 9.02. The summed E-state index contributed by atoms with van der Waals surface area (Å²) in [5, 5.41) is -0.221. The Bertz CT molecular complexity index is 682. The summed E-state index contributed by atoms with van der Waals surface area (Å²) in [6, 6.07) is 2.23. The number of hydrogen-bond acceptors (Lipinski definition) is 4. The van der Waals surface area contributed by atoms with Gasteiger partial charge in [0.2, 0.25) is 0 Å². The highest BCUT2D eigenvalue weighted by Gasteiger charge is 2.48. The second kappa shape index (κ2) is 7.68. The molecule has 0 spiro atoms. The van der Waals surface area contributed by atoms with Crippen LogP contribution in [0.15, 0.2) is 12.1 Å². The van der Waals surface area contributed by atoms with E-state index in [9.17, 15) is 21.6 Å². The molecule has 0 radical (unpaired) electrons. The molecule has 24 heavy (non-hydrogen) atoms. The smallest absolute Gasteiger partial charge is 0.376 e. The second-order valence-corrected chi connectivity index (χ2v) is 8.27. The molecule has 1 aromatic carbocycles. The Morgan fingerprint density at radius 3 is 2.17 bits per heavy atom. The number of benzene rings is 1. The van der Waals surface area contributed by atoms with E-state index in [2.05, 4.69) is 4.18 Å². The molecule has 10 heteroatoms. The van der Waals surface area contributed by atoms with Crippen LogP contribution in [-0.2, 0) is 21.3 Å². The van der Waals surface area contributed by atoms with Crippen LogP contribution < -0.4 is 4.18 Å². The van der Waals surface area contributed by atoms with Crippen LogP contribution in [0.5, 0.6) is 5.75 Å². The van der Waals surface area contributed by atoms with Gasteiger partial charge in [-0.2, -0.15) is 21.6 Å². The van der Waals surface area contributed by atoms with Crippen molar-refractivity contribution >= 4 is 33.3 Å². The Labute approximate surface area is 149 Å². The van der Waals surface area contributed by atoms with Crippen LogP contribution in [-0.4, -0.2) is 26.1 Å². The fraction of sp³-hybridized carbons (Fsp3) is 0.571. The van der Waals surface area contributed by atoms with Crippen molar-refractivity contribution in [1.29, 1.82) is 0 Å². The third-order valence-corrected chi connectivity index (χ3v) is 4.32. The average molecular weight is 409 g/mol. The van der Waals surface area contributed by atoms with Crippen molar-refractivity contribution in [2.75, 3.05) is 6.61 Å². The molecule has 0 heterocycles. The fourth-order valence-electron chi connectivity index (χ4n) is 1.63. The number of ether oxygens (including phenoxy) is 1. The van der Waals surface area contributed by atoms with Gasteiger partial charge in [-0.3, -0.25) is 0 Å². The molecule has 0 saturated carbocycles. The molecule has 0 N–H and O–H groups in total. The fourth-order valence-corrected chi connectivity index (χ4v) is 2.62. The molecular formula is C14H17Cl2F3O4S. The molecule has 0 amide bonds. The lowest BCUT2D eigenvalue weighted by Crippen LogP contribution is -2.28. The van der Waals surface area contributed by atoms with Gasteiger partial charge in [0.1, 0.15) is 0 Å². The standard InChI is InChI=1S/C14H17Cl2F3O4S/c1-13(2,3)22-6-4-5-9-7-11(16)12(8-10(9)15)23-24(20,21)14(17,18)19/h7-8H,4-6H2,1-3H3. The summed E-state index contributed by atoms with van der Waals surface area (Å²) in [4.78, 5) is 0. The van der Waals surface area contributed by atoms with E-state index in [0.717, 1.165) is 6.07 Å². The van der Waals surface area contributed by atoms with Gasteiger partial charge in [-0.25, -0.2) is 0 Å². The molecule has 0 aliphatic rings. The predicted molar refractivity (Wildman–Crippen MR) is 86.1 cm³/mol. The monoisotopic (exact) mass is 408 g/mol. The number of alkyl halides is 3. The van der Waals surface area contributed by atoms with Crippen molar-refractivity contribution in [3.05, 3.63) is 27.7 Å². The van der Waals surface area contributed by atoms with Crippen molar-refractivity contribution in [1.82, 2.24) is 0 Å². The van der Waals surface area contributed by atoms with Crippen molar-refractivity contribution in [2.45, 2.75) is 44.7 Å². The maximum atomic E-state index is 12.3. The first-order chi connectivity index (χ1) is 10.7. The summed E-state index contributed by atoms with van der Waals surface area (Å²) in [6.45, 7) is 6.18. The molecule has 0 aromatic heterocycles. The average Bonchev–Trinajstić information content (AvgIpc) is 2.37. The van der Waals surface area contributed by atoms with E-state index in [1.165, 1.54) is 6.07 Å². The maximum Gasteiger partial charge on any atom is 0.534 e. The van der Waals surface area contributed by atoms with Gasteiger partial charge in [-0.15, -0.1) is 0 Å². The molecular weight excluding hydrogens is 392 g/mol. The highest BCUT2D eigenvalue weighted by Crippen LogP contribution is 2.35. The van der Waals surface area contributed by atoms with Crippen LogP contribution in [0.25, 0.3) is 0 Å². The number of rotatable bonds is 6. The van der Waals surface area contributed by atoms with E-state index in [-0.39, 0.29) is 15.6 Å². The largest absolute Gasteiger partial charge is 0.534 e. The Morgan fingerprint density at radius 1 is 1.08 bits per heavy atom. The van der Waals surface area contributed by atoms with Gasteiger partial charge >= 0.3 is 15.6 Å². The minimum atomic E-state index is -5.80. The zero-order valence-corrected chi connectivity index (χ0v) is 15.5. The van der Waals surface area contributed by atoms with Gasteiger partial charge in [0.05, 0.1) is 10.6 Å². The highest BCUT2D eigenvalue weighted by atomic mass is 35.5. The summed E-state index contributed by atoms with van der Waals surface area (Å²) in [5.74, 6) is -0.673. The van der Waals surface area contributed by atoms with E-state index in [1.807, 2.05) is 20.8 Å². The quantitative estimate of drug-likeness (QED) is 0.378. The zero-order chi connectivity index (χ0) is 18.8. The normalized spacial score (nSPS) is 13.2. The van der Waals surface area contributed by atoms with Crippen LogP contribution in [0.4, 0.5) is 13.2 Å². The van der Waals surface area contributed by atoms with Crippen molar-refractivity contribution < 1.29 is 30.5 Å². The lowest BCUT2D eigenvalue weighted by Gasteiger charge is -2.19. The lowest BCUT2D eigenvalue weighted by molar-refractivity contribution is -0.0500. The van der Waals surface area contributed by atoms with Gasteiger partial charge < -0.3 is 8.92 Å². The molecule has 0 aliphatic carbocycles. The van der Waals surface area contributed by atoms with Crippen LogP contribution >= 0.6 is 23.2 Å². The number of hydrogen-bond donors (Lipinski definition) is 0. The zero-order valence-electron chi connectivity index (χ0n) is 13.2. The van der Waals surface area contributed by atoms with Gasteiger partial charge in [-0.05, 0) is 45.2 Å². The Kier molecular flexibility index (Phi) is 6.83. The summed E-state index contributed by atoms with van der Waals surface area (Å²) in [5.41, 5.74) is -5.28. The van der Waals surface area contributed by atoms with Crippen LogP contribution in [0, 0.1) is 0 Å². The molecule has 0 aliphatic heterocycles. The number of aryl methyl sites for hydroxylation is 1. The van der Waals surface area contributed by atoms with E-state index < -0.39 is 21.4 Å². The summed E-state index contributed by atoms with van der Waals surface area (Å²) in [7, 11) is -5.80. The molecule has 1 aromatic rings. The van der Waals surface area contributed by atoms with Gasteiger partial charge in [-0.1, -0.05) is 23.2 Å². The second-order valence-electron chi connectivity index (χ2n) is 5.92. The first kappa shape index (κ1) is 21.3. The van der Waals surface area contributed by atoms with E-state index >= 15 is 0 Å². The molecule has 0 bridgehead atoms. The van der Waals surface area contributed by atoms with Gasteiger partial charge in [0.15, 0.2) is 5.75 Å². The van der Waals surface area contributed by atoms with Gasteiger partial charge in [0.25, 0.3) is 0 Å². The Hall–Kier alpha value is -0.700. The SMILES string of the molecule is CC(C)(C)OCCCc1cc(Cl)c(OS(=O)(=O)C(F)(F)F)cc1Cl. The third kappa shape index (κ3) is 6.31. The van der Waals surface area contributed by atoms with Crippen LogP contribution in [0.2, 0.25) is 10.0 Å². The molecule has 0 fully saturated rings. The maximum absolute atomic E-state index is 12.3. The van der Waals surface area contributed by atoms with Crippen molar-refractivity contribution in [3.8, 4) is 5.75 Å². The third-order valence-electron chi connectivity index (χ3n) is 2.71. The van der Waals surface area contributed by atoms with Crippen LogP contribution in [0.1, 0.15) is 32.8 Å². The van der Waals surface area contributed by atoms with E-state index in [4.69, 9.17) is 27.9 Å². The minimum Gasteiger partial charge on any atom is -0.376 e. The Balaban J connectivity index is 2.83. The summed E-state index contributed by atoms with van der Waals surface area (Å²) in [6.07, 6.45) is 1.06. The molecule has 1 rings (SSSR count). The molecule has 0 atom stereocenters. The molecule has 138 valence electrons. The molecule has 0 saturated heterocycles. The number of halogens is 5. The predicted octanol–water partition coefficient (Wildman–Crippen LogP) is 4.97. The molecule has 0 unspecified atom stereocenters. The van der Waals surface area contributed by atoms with Crippen molar-refractivity contribution in [3.63, 3.8) is 0 Å². The van der Waals surface area contributed by atoms with Gasteiger partial charge in [0, 0.05) is 17.7 Å². The Morgan fingerprint density at radius 2 is 1.67 bits per heavy atom. The van der Waals surface area contributed by atoms with E-state index in [1.54, 1.807) is 0 Å². The summed E-state index contributed by atoms with van der Waals surface area (Å²) < 4.78 is 68.6. The highest BCUT2D eigenvalue weighted by molar-refractivity contribution is 7.88. The van der Waals surface area contributed by atoms with Crippen LogP contribution in [0.3, 0.4) is 0 Å². The minimum absolute atomic E-state index is 0.0579. The lowest BCUT2D eigenvalue weighted by atomic mass is 10.1.